The normalized spacial score (nSPS) is 12.8. The van der Waals surface area contributed by atoms with E-state index in [-0.39, 0.29) is 28.7 Å². The molecule has 2 rings (SSSR count). The molecule has 0 radical (unpaired) electrons. The van der Waals surface area contributed by atoms with E-state index in [9.17, 15) is 28.7 Å². The molecule has 13 heteroatoms. The molecule has 0 aliphatic heterocycles. The molecule has 38 heavy (non-hydrogen) atoms. The Balaban J connectivity index is 2.68. The van der Waals surface area contributed by atoms with Crippen LogP contribution in [0, 0.1) is 5.82 Å². The third kappa shape index (κ3) is 7.28. The number of aliphatic hydroxyl groups is 1. The van der Waals surface area contributed by atoms with Crippen molar-refractivity contribution in [2.45, 2.75) is 65.8 Å². The van der Waals surface area contributed by atoms with Crippen molar-refractivity contribution in [2.24, 2.45) is 5.16 Å². The largest absolute Gasteiger partial charge is 0.496 e. The Hall–Kier alpha value is -4.00. The predicted octanol–water partition coefficient (Wildman–Crippen LogP) is 1.05. The van der Waals surface area contributed by atoms with Crippen LogP contribution in [0.1, 0.15) is 58.8 Å². The summed E-state index contributed by atoms with van der Waals surface area (Å²) in [6.07, 6.45) is -0.621. The SMILES string of the molecule is COc1ccc(F)cc1C(O)Cn1cc(/C(C)=N/OC(C)C)c(=O)n(N(C)C(=O)C(=O)NC(C)(C)C)c1=O. The van der Waals surface area contributed by atoms with E-state index in [0.717, 1.165) is 29.9 Å². The van der Waals surface area contributed by atoms with Crippen LogP contribution in [0.5, 0.6) is 5.75 Å². The van der Waals surface area contributed by atoms with Gasteiger partial charge in [0.2, 0.25) is 0 Å². The first-order chi connectivity index (χ1) is 17.6. The molecule has 2 amide bonds. The summed E-state index contributed by atoms with van der Waals surface area (Å²) in [6.45, 7) is 9.43. The first-order valence-corrected chi connectivity index (χ1v) is 11.8. The molecule has 2 aromatic rings. The van der Waals surface area contributed by atoms with E-state index in [0.29, 0.717) is 9.69 Å². The molecule has 0 aliphatic rings. The maximum absolute atomic E-state index is 13.9. The lowest BCUT2D eigenvalue weighted by Gasteiger charge is -2.24. The van der Waals surface area contributed by atoms with Crippen LogP contribution in [0.25, 0.3) is 0 Å². The van der Waals surface area contributed by atoms with Crippen LogP contribution in [0.4, 0.5) is 4.39 Å². The Morgan fingerprint density at radius 3 is 2.42 bits per heavy atom. The summed E-state index contributed by atoms with van der Waals surface area (Å²) < 4.78 is 20.5. The summed E-state index contributed by atoms with van der Waals surface area (Å²) in [7, 11) is 2.43. The molecule has 12 nitrogen and oxygen atoms in total. The number of hydrogen-bond donors (Lipinski definition) is 2. The first kappa shape index (κ1) is 30.2. The number of nitrogens with zero attached hydrogens (tertiary/aromatic N) is 4. The van der Waals surface area contributed by atoms with Gasteiger partial charge in [0.1, 0.15) is 23.8 Å². The van der Waals surface area contributed by atoms with Gasteiger partial charge in [0.25, 0.3) is 5.56 Å². The topological polar surface area (TPSA) is 144 Å². The molecule has 0 aliphatic carbocycles. The Kier molecular flexibility index (Phi) is 9.57. The molecule has 1 unspecified atom stereocenters. The molecule has 0 fully saturated rings. The number of carbonyl (C=O) groups is 2. The zero-order valence-electron chi connectivity index (χ0n) is 22.7. The number of methoxy groups -OCH3 is 1. The summed E-state index contributed by atoms with van der Waals surface area (Å²) in [5, 5.41) is 17.8. The van der Waals surface area contributed by atoms with Gasteiger partial charge < -0.3 is 20.0 Å². The molecule has 0 bridgehead atoms. The van der Waals surface area contributed by atoms with Crippen LogP contribution < -0.4 is 26.3 Å². The number of rotatable bonds is 8. The van der Waals surface area contributed by atoms with Gasteiger partial charge in [0.15, 0.2) is 0 Å². The van der Waals surface area contributed by atoms with Crippen LogP contribution in [0.3, 0.4) is 0 Å². The van der Waals surface area contributed by atoms with Crippen molar-refractivity contribution in [1.82, 2.24) is 14.6 Å². The van der Waals surface area contributed by atoms with E-state index in [1.165, 1.54) is 20.1 Å². The van der Waals surface area contributed by atoms with Gasteiger partial charge in [-0.3, -0.25) is 19.0 Å². The Morgan fingerprint density at radius 2 is 1.87 bits per heavy atom. The number of hydrogen-bond acceptors (Lipinski definition) is 8. The van der Waals surface area contributed by atoms with Crippen molar-refractivity contribution in [3.63, 3.8) is 0 Å². The number of aromatic nitrogens is 2. The molecule has 208 valence electrons. The number of ether oxygens (including phenoxy) is 1. The van der Waals surface area contributed by atoms with Gasteiger partial charge in [-0.25, -0.2) is 14.2 Å². The van der Waals surface area contributed by atoms with Gasteiger partial charge in [-0.2, -0.15) is 4.68 Å². The first-order valence-electron chi connectivity index (χ1n) is 11.8. The second kappa shape index (κ2) is 12.0. The van der Waals surface area contributed by atoms with Gasteiger partial charge in [-0.15, -0.1) is 0 Å². The molecular formula is C25H34FN5O7. The Bertz CT molecular complexity index is 1340. The Labute approximate surface area is 219 Å². The third-order valence-corrected chi connectivity index (χ3v) is 5.12. The van der Waals surface area contributed by atoms with Crippen molar-refractivity contribution in [3.05, 3.63) is 62.2 Å². The zero-order valence-corrected chi connectivity index (χ0v) is 22.7. The lowest BCUT2D eigenvalue weighted by Crippen LogP contribution is -2.59. The van der Waals surface area contributed by atoms with Crippen molar-refractivity contribution in [2.75, 3.05) is 19.2 Å². The average Bonchev–Trinajstić information content (AvgIpc) is 2.82. The molecule has 0 saturated carbocycles. The van der Waals surface area contributed by atoms with Crippen LogP contribution in [0.2, 0.25) is 0 Å². The van der Waals surface area contributed by atoms with E-state index < -0.39 is 47.1 Å². The molecule has 2 N–H and O–H groups in total. The minimum atomic E-state index is -1.45. The fourth-order valence-electron chi connectivity index (χ4n) is 3.35. The summed E-state index contributed by atoms with van der Waals surface area (Å²) in [5.74, 6) is -2.68. The predicted molar refractivity (Wildman–Crippen MR) is 138 cm³/mol. The molecule has 1 aromatic heterocycles. The Morgan fingerprint density at radius 1 is 1.24 bits per heavy atom. The summed E-state index contributed by atoms with van der Waals surface area (Å²) >= 11 is 0. The van der Waals surface area contributed by atoms with Crippen LogP contribution in [0.15, 0.2) is 39.1 Å². The summed E-state index contributed by atoms with van der Waals surface area (Å²) in [4.78, 5) is 57.3. The monoisotopic (exact) mass is 535 g/mol. The van der Waals surface area contributed by atoms with Crippen molar-refractivity contribution in [3.8, 4) is 5.75 Å². The lowest BCUT2D eigenvalue weighted by atomic mass is 10.1. The zero-order chi connectivity index (χ0) is 28.9. The highest BCUT2D eigenvalue weighted by Crippen LogP contribution is 2.26. The second-order valence-electron chi connectivity index (χ2n) is 9.86. The number of aliphatic hydroxyl groups excluding tert-OH is 1. The van der Waals surface area contributed by atoms with Gasteiger partial charge >= 0.3 is 17.5 Å². The van der Waals surface area contributed by atoms with Crippen LogP contribution in [-0.2, 0) is 21.0 Å². The number of likely N-dealkylation sites (N-methyl/N-ethyl adjacent to an activating group) is 1. The third-order valence-electron chi connectivity index (χ3n) is 5.12. The molecular weight excluding hydrogens is 501 g/mol. The number of amides is 2. The van der Waals surface area contributed by atoms with E-state index >= 15 is 0 Å². The minimum absolute atomic E-state index is 0.0567. The number of carbonyl (C=O) groups excluding carboxylic acids is 2. The maximum atomic E-state index is 13.9. The van der Waals surface area contributed by atoms with Crippen LogP contribution >= 0.6 is 0 Å². The molecule has 0 spiro atoms. The van der Waals surface area contributed by atoms with E-state index in [2.05, 4.69) is 10.5 Å². The fourth-order valence-corrected chi connectivity index (χ4v) is 3.35. The lowest BCUT2D eigenvalue weighted by molar-refractivity contribution is -0.139. The number of halogens is 1. The quantitative estimate of drug-likeness (QED) is 0.292. The number of nitrogens with one attached hydrogen (secondary N) is 1. The molecule has 1 heterocycles. The highest BCUT2D eigenvalue weighted by molar-refractivity contribution is 6.38. The highest BCUT2D eigenvalue weighted by atomic mass is 19.1. The van der Waals surface area contributed by atoms with Gasteiger partial charge in [0.05, 0.1) is 24.9 Å². The van der Waals surface area contributed by atoms with Crippen molar-refractivity contribution >= 4 is 17.5 Å². The van der Waals surface area contributed by atoms with E-state index in [4.69, 9.17) is 9.57 Å². The van der Waals surface area contributed by atoms with Gasteiger partial charge in [-0.05, 0) is 59.7 Å². The number of oxime groups is 1. The van der Waals surface area contributed by atoms with Crippen molar-refractivity contribution < 1.29 is 28.7 Å². The number of benzene rings is 1. The smallest absolute Gasteiger partial charge is 0.350 e. The summed E-state index contributed by atoms with van der Waals surface area (Å²) in [6, 6.07) is 3.53. The van der Waals surface area contributed by atoms with Crippen LogP contribution in [-0.4, -0.2) is 57.7 Å². The molecule has 0 saturated heterocycles. The second-order valence-corrected chi connectivity index (χ2v) is 9.86. The van der Waals surface area contributed by atoms with Gasteiger partial charge in [0, 0.05) is 24.3 Å². The van der Waals surface area contributed by atoms with E-state index in [1.807, 2.05) is 0 Å². The summed E-state index contributed by atoms with van der Waals surface area (Å²) in [5.41, 5.74) is -2.75. The fraction of sp³-hybridized carbons (Fsp3) is 0.480. The van der Waals surface area contributed by atoms with E-state index in [1.54, 1.807) is 34.6 Å². The van der Waals surface area contributed by atoms with Gasteiger partial charge in [-0.1, -0.05) is 5.16 Å². The standard InChI is InChI=1S/C25H34FN5O7/c1-14(2)38-28-15(3)18-12-30(13-19(32)17-11-16(26)9-10-20(17)37-8)24(36)31(22(18)34)29(7)23(35)21(33)27-25(4,5)6/h9-12,14,19,32H,13H2,1-8H3,(H,27,33)/b28-15+. The minimum Gasteiger partial charge on any atom is -0.496 e. The maximum Gasteiger partial charge on any atom is 0.350 e. The highest BCUT2D eigenvalue weighted by Gasteiger charge is 2.28. The molecule has 1 aromatic carbocycles. The molecule has 1 atom stereocenters. The van der Waals surface area contributed by atoms with Crippen molar-refractivity contribution in [1.29, 1.82) is 0 Å². The average molecular weight is 536 g/mol.